The molecule has 0 aromatic heterocycles. The van der Waals surface area contributed by atoms with Crippen LogP contribution in [0.5, 0.6) is 5.75 Å². The second-order valence-electron chi connectivity index (χ2n) is 8.03. The van der Waals surface area contributed by atoms with Crippen molar-refractivity contribution in [3.63, 3.8) is 0 Å². The fourth-order valence-electron chi connectivity index (χ4n) is 2.21. The molecule has 2 heteroatoms. The van der Waals surface area contributed by atoms with Gasteiger partial charge in [0, 0.05) is 12.7 Å². The molecule has 1 N–H and O–H groups in total. The number of ether oxygens (including phenoxy) is 1. The van der Waals surface area contributed by atoms with E-state index in [9.17, 15) is 0 Å². The highest BCUT2D eigenvalue weighted by Crippen LogP contribution is 2.38. The summed E-state index contributed by atoms with van der Waals surface area (Å²) in [5, 5.41) is 7.00. The summed E-state index contributed by atoms with van der Waals surface area (Å²) in [5.74, 6) is 1.06. The van der Waals surface area contributed by atoms with Crippen molar-refractivity contribution in [1.29, 1.82) is 0 Å². The van der Waals surface area contributed by atoms with E-state index in [0.29, 0.717) is 0 Å². The molecule has 26 heavy (non-hydrogen) atoms. The summed E-state index contributed by atoms with van der Waals surface area (Å²) >= 11 is 0. The van der Waals surface area contributed by atoms with Gasteiger partial charge in [-0.25, -0.2) is 0 Å². The van der Waals surface area contributed by atoms with Crippen LogP contribution in [0, 0.1) is 0 Å². The fourth-order valence-corrected chi connectivity index (χ4v) is 2.21. The molecule has 0 heterocycles. The summed E-state index contributed by atoms with van der Waals surface area (Å²) in [7, 11) is 1.00. The standard InChI is InChI=1S/C19H32O.C4H10.CH4O/c1-8-13-20-17-12-11-15(18(4,5)9-2)14-16(17)19(6,7)10-3;1-3-4-2;1-2/h11-12,14H,8-10,13H2,1-7H3;3-4H2,1-2H3;2H,1H3. The second kappa shape index (κ2) is 14.1. The van der Waals surface area contributed by atoms with Crippen LogP contribution in [-0.4, -0.2) is 18.8 Å². The molecule has 0 aliphatic heterocycles. The van der Waals surface area contributed by atoms with Crippen LogP contribution in [0.15, 0.2) is 18.2 Å². The summed E-state index contributed by atoms with van der Waals surface area (Å²) in [6.45, 7) is 21.1. The first kappa shape index (κ1) is 27.2. The lowest BCUT2D eigenvalue weighted by molar-refractivity contribution is 0.305. The molecule has 1 aromatic carbocycles. The van der Waals surface area contributed by atoms with Crippen LogP contribution in [0.2, 0.25) is 0 Å². The van der Waals surface area contributed by atoms with E-state index in [2.05, 4.69) is 80.5 Å². The van der Waals surface area contributed by atoms with Gasteiger partial charge >= 0.3 is 0 Å². The molecule has 0 atom stereocenters. The molecule has 0 amide bonds. The predicted molar refractivity (Wildman–Crippen MR) is 118 cm³/mol. The SMILES string of the molecule is CCCC.CCCOc1ccc(C(C)(C)CC)cc1C(C)(C)CC.CO. The van der Waals surface area contributed by atoms with Gasteiger partial charge in [-0.2, -0.15) is 0 Å². The van der Waals surface area contributed by atoms with E-state index in [1.54, 1.807) is 0 Å². The van der Waals surface area contributed by atoms with Gasteiger partial charge in [0.25, 0.3) is 0 Å². The molecule has 0 saturated carbocycles. The molecule has 2 nitrogen and oxygen atoms in total. The summed E-state index contributed by atoms with van der Waals surface area (Å²) in [5.41, 5.74) is 3.15. The van der Waals surface area contributed by atoms with E-state index in [1.165, 1.54) is 24.0 Å². The largest absolute Gasteiger partial charge is 0.493 e. The average molecular weight is 367 g/mol. The number of hydrogen-bond acceptors (Lipinski definition) is 2. The minimum Gasteiger partial charge on any atom is -0.493 e. The average Bonchev–Trinajstić information content (AvgIpc) is 2.67. The summed E-state index contributed by atoms with van der Waals surface area (Å²) < 4.78 is 5.98. The third kappa shape index (κ3) is 9.07. The Balaban J connectivity index is 0. The van der Waals surface area contributed by atoms with E-state index >= 15 is 0 Å². The maximum Gasteiger partial charge on any atom is 0.123 e. The lowest BCUT2D eigenvalue weighted by Gasteiger charge is -2.30. The van der Waals surface area contributed by atoms with Crippen LogP contribution in [-0.2, 0) is 10.8 Å². The zero-order chi connectivity index (χ0) is 20.8. The van der Waals surface area contributed by atoms with Gasteiger partial charge in [0.05, 0.1) is 6.61 Å². The second-order valence-corrected chi connectivity index (χ2v) is 8.03. The van der Waals surface area contributed by atoms with E-state index in [-0.39, 0.29) is 10.8 Å². The van der Waals surface area contributed by atoms with Crippen molar-refractivity contribution in [2.45, 2.75) is 105 Å². The van der Waals surface area contributed by atoms with Crippen molar-refractivity contribution < 1.29 is 9.84 Å². The Labute approximate surface area is 164 Å². The van der Waals surface area contributed by atoms with Crippen molar-refractivity contribution in [2.75, 3.05) is 13.7 Å². The highest BCUT2D eigenvalue weighted by Gasteiger charge is 2.26. The maximum absolute atomic E-state index is 7.00. The maximum atomic E-state index is 7.00. The number of rotatable bonds is 8. The third-order valence-corrected chi connectivity index (χ3v) is 5.22. The van der Waals surface area contributed by atoms with Crippen LogP contribution in [0.1, 0.15) is 106 Å². The van der Waals surface area contributed by atoms with Crippen molar-refractivity contribution >= 4 is 0 Å². The Hall–Kier alpha value is -1.02. The van der Waals surface area contributed by atoms with Crippen LogP contribution in [0.4, 0.5) is 0 Å². The number of hydrogen-bond donors (Lipinski definition) is 1. The first-order chi connectivity index (χ1) is 12.2. The smallest absolute Gasteiger partial charge is 0.123 e. The van der Waals surface area contributed by atoms with E-state index in [4.69, 9.17) is 9.84 Å². The number of unbranched alkanes of at least 4 members (excludes halogenated alkanes) is 1. The minimum atomic E-state index is 0.156. The molecule has 0 radical (unpaired) electrons. The Bertz CT molecular complexity index is 459. The summed E-state index contributed by atoms with van der Waals surface area (Å²) in [4.78, 5) is 0. The predicted octanol–water partition coefficient (Wildman–Crippen LogP) is 7.27. The quantitative estimate of drug-likeness (QED) is 0.524. The van der Waals surface area contributed by atoms with Crippen molar-refractivity contribution in [3.05, 3.63) is 29.3 Å². The normalized spacial score (nSPS) is 11.0. The van der Waals surface area contributed by atoms with E-state index < -0.39 is 0 Å². The Kier molecular flexibility index (Phi) is 14.7. The van der Waals surface area contributed by atoms with Crippen LogP contribution in [0.3, 0.4) is 0 Å². The molecule has 0 spiro atoms. The molecule has 154 valence electrons. The van der Waals surface area contributed by atoms with Gasteiger partial charge in [-0.1, -0.05) is 87.3 Å². The lowest BCUT2D eigenvalue weighted by Crippen LogP contribution is -2.21. The monoisotopic (exact) mass is 366 g/mol. The fraction of sp³-hybridized carbons (Fsp3) is 0.750. The van der Waals surface area contributed by atoms with Crippen molar-refractivity contribution in [3.8, 4) is 5.75 Å². The van der Waals surface area contributed by atoms with Gasteiger partial charge in [0.15, 0.2) is 0 Å². The molecular formula is C24H46O2. The first-order valence-corrected chi connectivity index (χ1v) is 10.4. The van der Waals surface area contributed by atoms with Gasteiger partial charge in [0.2, 0.25) is 0 Å². The zero-order valence-electron chi connectivity index (χ0n) is 19.3. The molecule has 0 unspecified atom stereocenters. The summed E-state index contributed by atoms with van der Waals surface area (Å²) in [6.07, 6.45) is 5.95. The van der Waals surface area contributed by atoms with Gasteiger partial charge in [-0.15, -0.1) is 0 Å². The molecule has 0 aliphatic rings. The van der Waals surface area contributed by atoms with Gasteiger partial charge < -0.3 is 9.84 Å². The minimum absolute atomic E-state index is 0.156. The summed E-state index contributed by atoms with van der Waals surface area (Å²) in [6, 6.07) is 6.79. The Morgan fingerprint density at radius 3 is 1.65 bits per heavy atom. The van der Waals surface area contributed by atoms with Crippen LogP contribution < -0.4 is 4.74 Å². The van der Waals surface area contributed by atoms with Crippen molar-refractivity contribution in [2.24, 2.45) is 0 Å². The molecule has 0 bridgehead atoms. The topological polar surface area (TPSA) is 29.5 Å². The number of aliphatic hydroxyl groups is 1. The van der Waals surface area contributed by atoms with Crippen LogP contribution >= 0.6 is 0 Å². The molecule has 0 aliphatic carbocycles. The van der Waals surface area contributed by atoms with Gasteiger partial charge in [-0.05, 0) is 41.7 Å². The number of benzene rings is 1. The van der Waals surface area contributed by atoms with Gasteiger partial charge in [-0.3, -0.25) is 0 Å². The van der Waals surface area contributed by atoms with Crippen LogP contribution in [0.25, 0.3) is 0 Å². The molecular weight excluding hydrogens is 320 g/mol. The Morgan fingerprint density at radius 1 is 0.769 bits per heavy atom. The molecule has 1 aromatic rings. The van der Waals surface area contributed by atoms with E-state index in [0.717, 1.165) is 38.7 Å². The van der Waals surface area contributed by atoms with Gasteiger partial charge in [0.1, 0.15) is 5.75 Å². The molecule has 1 rings (SSSR count). The highest BCUT2D eigenvalue weighted by molar-refractivity contribution is 5.44. The molecule has 0 fully saturated rings. The number of aliphatic hydroxyl groups excluding tert-OH is 1. The lowest BCUT2D eigenvalue weighted by atomic mass is 9.76. The zero-order valence-corrected chi connectivity index (χ0v) is 19.3. The highest BCUT2D eigenvalue weighted by atomic mass is 16.5. The van der Waals surface area contributed by atoms with E-state index in [1.807, 2.05) is 0 Å². The first-order valence-electron chi connectivity index (χ1n) is 10.4. The molecule has 0 saturated heterocycles. The van der Waals surface area contributed by atoms with Crippen molar-refractivity contribution in [1.82, 2.24) is 0 Å². The third-order valence-electron chi connectivity index (χ3n) is 5.22. The Morgan fingerprint density at radius 2 is 1.27 bits per heavy atom.